The number of rotatable bonds is 5. The van der Waals surface area contributed by atoms with Crippen LogP contribution in [0.4, 0.5) is 0 Å². The van der Waals surface area contributed by atoms with Crippen molar-refractivity contribution in [1.29, 1.82) is 0 Å². The zero-order valence-electron chi connectivity index (χ0n) is 9.53. The molecule has 0 spiro atoms. The van der Waals surface area contributed by atoms with Gasteiger partial charge in [0, 0.05) is 19.5 Å². The second-order valence-corrected chi connectivity index (χ2v) is 4.14. The molecule has 1 rings (SSSR count). The van der Waals surface area contributed by atoms with Crippen LogP contribution in [0.1, 0.15) is 12.0 Å². The summed E-state index contributed by atoms with van der Waals surface area (Å²) in [7, 11) is 1.61. The first-order chi connectivity index (χ1) is 7.67. The van der Waals surface area contributed by atoms with E-state index in [1.54, 1.807) is 7.11 Å². The molecule has 3 N–H and O–H groups in total. The van der Waals surface area contributed by atoms with Crippen molar-refractivity contribution >= 4 is 34.2 Å². The molecule has 0 aliphatic rings. The molecule has 0 aliphatic carbocycles. The van der Waals surface area contributed by atoms with E-state index in [1.807, 2.05) is 18.2 Å². The zero-order chi connectivity index (χ0) is 12.0. The van der Waals surface area contributed by atoms with Gasteiger partial charge in [0.15, 0.2) is 0 Å². The Morgan fingerprint density at radius 3 is 2.76 bits per heavy atom. The maximum absolute atomic E-state index is 11.2. The van der Waals surface area contributed by atoms with Crippen molar-refractivity contribution in [2.45, 2.75) is 13.0 Å². The minimum atomic E-state index is -0.0329. The fourth-order valence-electron chi connectivity index (χ4n) is 1.24. The van der Waals surface area contributed by atoms with Crippen molar-refractivity contribution in [3.63, 3.8) is 0 Å². The molecule has 0 aliphatic heterocycles. The van der Waals surface area contributed by atoms with Gasteiger partial charge in [-0.2, -0.15) is 0 Å². The van der Waals surface area contributed by atoms with Crippen LogP contribution in [-0.4, -0.2) is 19.6 Å². The SMILES string of the molecule is COc1ccc(CNC(=O)CCN)cc1Br.Cl. The minimum absolute atomic E-state index is 0. The Hall–Kier alpha value is -0.780. The molecule has 17 heavy (non-hydrogen) atoms. The molecule has 0 saturated carbocycles. The number of nitrogens with one attached hydrogen (secondary N) is 1. The number of nitrogens with two attached hydrogens (primary N) is 1. The minimum Gasteiger partial charge on any atom is -0.496 e. The molecule has 0 fully saturated rings. The van der Waals surface area contributed by atoms with Crippen molar-refractivity contribution in [2.75, 3.05) is 13.7 Å². The number of amides is 1. The third-order valence-corrected chi connectivity index (χ3v) is 2.70. The maximum Gasteiger partial charge on any atom is 0.221 e. The first-order valence-corrected chi connectivity index (χ1v) is 5.76. The number of hydrogen-bond donors (Lipinski definition) is 2. The molecule has 4 nitrogen and oxygen atoms in total. The second kappa shape index (κ2) is 8.33. The fraction of sp³-hybridized carbons (Fsp3) is 0.364. The van der Waals surface area contributed by atoms with Crippen molar-refractivity contribution < 1.29 is 9.53 Å². The average molecular weight is 324 g/mol. The Kier molecular flexibility index (Phi) is 7.95. The van der Waals surface area contributed by atoms with Crippen LogP contribution < -0.4 is 15.8 Å². The molecule has 0 saturated heterocycles. The molecule has 0 atom stereocenters. The number of hydrogen-bond acceptors (Lipinski definition) is 3. The Morgan fingerprint density at radius 1 is 1.53 bits per heavy atom. The van der Waals surface area contributed by atoms with Gasteiger partial charge in [0.2, 0.25) is 5.91 Å². The molecule has 96 valence electrons. The molecular weight excluding hydrogens is 307 g/mol. The van der Waals surface area contributed by atoms with Gasteiger partial charge in [-0.15, -0.1) is 12.4 Å². The van der Waals surface area contributed by atoms with Gasteiger partial charge >= 0.3 is 0 Å². The first-order valence-electron chi connectivity index (χ1n) is 4.96. The Balaban J connectivity index is 0.00000256. The number of halogens is 2. The van der Waals surface area contributed by atoms with Crippen LogP contribution in [0.3, 0.4) is 0 Å². The van der Waals surface area contributed by atoms with E-state index < -0.39 is 0 Å². The Labute approximate surface area is 115 Å². The highest BCUT2D eigenvalue weighted by Crippen LogP contribution is 2.25. The van der Waals surface area contributed by atoms with Crippen molar-refractivity contribution in [3.05, 3.63) is 28.2 Å². The molecule has 0 radical (unpaired) electrons. The molecule has 0 unspecified atom stereocenters. The highest BCUT2D eigenvalue weighted by atomic mass is 79.9. The summed E-state index contributed by atoms with van der Waals surface area (Å²) in [5.41, 5.74) is 6.29. The predicted octanol–water partition coefficient (Wildman–Crippen LogP) is 1.84. The van der Waals surface area contributed by atoms with E-state index >= 15 is 0 Å². The van der Waals surface area contributed by atoms with Gasteiger partial charge in [0.1, 0.15) is 5.75 Å². The lowest BCUT2D eigenvalue weighted by molar-refractivity contribution is -0.121. The predicted molar refractivity (Wildman–Crippen MR) is 73.5 cm³/mol. The second-order valence-electron chi connectivity index (χ2n) is 3.28. The lowest BCUT2D eigenvalue weighted by atomic mass is 10.2. The number of carbonyl (C=O) groups is 1. The maximum atomic E-state index is 11.2. The van der Waals surface area contributed by atoms with Crippen LogP contribution in [0.5, 0.6) is 5.75 Å². The van der Waals surface area contributed by atoms with E-state index in [-0.39, 0.29) is 18.3 Å². The Bertz CT molecular complexity index is 374. The van der Waals surface area contributed by atoms with Gasteiger partial charge in [0.25, 0.3) is 0 Å². The largest absolute Gasteiger partial charge is 0.496 e. The van der Waals surface area contributed by atoms with Gasteiger partial charge in [-0.3, -0.25) is 4.79 Å². The van der Waals surface area contributed by atoms with E-state index in [0.29, 0.717) is 19.5 Å². The molecule has 1 amide bonds. The van der Waals surface area contributed by atoms with Crippen molar-refractivity contribution in [3.8, 4) is 5.75 Å². The normalized spacial score (nSPS) is 9.35. The van der Waals surface area contributed by atoms with E-state index in [0.717, 1.165) is 15.8 Å². The summed E-state index contributed by atoms with van der Waals surface area (Å²) in [6.45, 7) is 0.875. The Morgan fingerprint density at radius 2 is 2.24 bits per heavy atom. The molecular formula is C11H16BrClN2O2. The summed E-state index contributed by atoms with van der Waals surface area (Å²) < 4.78 is 5.99. The van der Waals surface area contributed by atoms with Gasteiger partial charge in [0.05, 0.1) is 11.6 Å². The van der Waals surface area contributed by atoms with E-state index in [9.17, 15) is 4.79 Å². The molecule has 6 heteroatoms. The van der Waals surface area contributed by atoms with Crippen LogP contribution in [0.15, 0.2) is 22.7 Å². The van der Waals surface area contributed by atoms with Gasteiger partial charge in [-0.1, -0.05) is 6.07 Å². The summed E-state index contributed by atoms with van der Waals surface area (Å²) in [5, 5.41) is 2.78. The molecule has 1 aromatic rings. The third-order valence-electron chi connectivity index (χ3n) is 2.08. The quantitative estimate of drug-likeness (QED) is 0.869. The zero-order valence-corrected chi connectivity index (χ0v) is 11.9. The highest BCUT2D eigenvalue weighted by molar-refractivity contribution is 9.10. The standard InChI is InChI=1S/C11H15BrN2O2.ClH/c1-16-10-3-2-8(6-9(10)12)7-14-11(15)4-5-13;/h2-3,6H,4-5,7,13H2,1H3,(H,14,15);1H. The van der Waals surface area contributed by atoms with Gasteiger partial charge in [-0.25, -0.2) is 0 Å². The van der Waals surface area contributed by atoms with Crippen LogP contribution >= 0.6 is 28.3 Å². The first kappa shape index (κ1) is 16.2. The summed E-state index contributed by atoms with van der Waals surface area (Å²) >= 11 is 3.39. The van der Waals surface area contributed by atoms with E-state index in [4.69, 9.17) is 10.5 Å². The monoisotopic (exact) mass is 322 g/mol. The van der Waals surface area contributed by atoms with Gasteiger partial charge < -0.3 is 15.8 Å². The third kappa shape index (κ3) is 5.39. The molecule has 0 heterocycles. The number of methoxy groups -OCH3 is 1. The number of ether oxygens (including phenoxy) is 1. The topological polar surface area (TPSA) is 64.3 Å². The fourth-order valence-corrected chi connectivity index (χ4v) is 1.83. The number of benzene rings is 1. The number of carbonyl (C=O) groups excluding carboxylic acids is 1. The molecule has 1 aromatic carbocycles. The lowest BCUT2D eigenvalue weighted by Crippen LogP contribution is -2.24. The molecule has 0 aromatic heterocycles. The van der Waals surface area contributed by atoms with Gasteiger partial charge in [-0.05, 0) is 33.6 Å². The molecule has 0 bridgehead atoms. The summed E-state index contributed by atoms with van der Waals surface area (Å²) in [5.74, 6) is 0.742. The highest BCUT2D eigenvalue weighted by Gasteiger charge is 2.03. The summed E-state index contributed by atoms with van der Waals surface area (Å²) in [6, 6.07) is 5.68. The lowest BCUT2D eigenvalue weighted by Gasteiger charge is -2.07. The van der Waals surface area contributed by atoms with Crippen LogP contribution in [0, 0.1) is 0 Å². The van der Waals surface area contributed by atoms with E-state index in [1.165, 1.54) is 0 Å². The van der Waals surface area contributed by atoms with Crippen molar-refractivity contribution in [1.82, 2.24) is 5.32 Å². The van der Waals surface area contributed by atoms with Crippen molar-refractivity contribution in [2.24, 2.45) is 5.73 Å². The summed E-state index contributed by atoms with van der Waals surface area (Å²) in [6.07, 6.45) is 0.358. The van der Waals surface area contributed by atoms with Crippen LogP contribution in [0.2, 0.25) is 0 Å². The summed E-state index contributed by atoms with van der Waals surface area (Å²) in [4.78, 5) is 11.2. The van der Waals surface area contributed by atoms with Crippen LogP contribution in [-0.2, 0) is 11.3 Å². The van der Waals surface area contributed by atoms with E-state index in [2.05, 4.69) is 21.2 Å². The van der Waals surface area contributed by atoms with Crippen LogP contribution in [0.25, 0.3) is 0 Å². The average Bonchev–Trinajstić information content (AvgIpc) is 2.27. The smallest absolute Gasteiger partial charge is 0.221 e.